The van der Waals surface area contributed by atoms with Crippen molar-refractivity contribution in [2.75, 3.05) is 17.2 Å². The van der Waals surface area contributed by atoms with Gasteiger partial charge in [0, 0.05) is 31.2 Å². The third-order valence-electron chi connectivity index (χ3n) is 3.51. The van der Waals surface area contributed by atoms with E-state index in [9.17, 15) is 4.79 Å². The Kier molecular flexibility index (Phi) is 2.74. The molecule has 2 aromatic rings. The molecule has 0 bridgehead atoms. The normalized spacial score (nSPS) is 14.3. The van der Waals surface area contributed by atoms with E-state index in [4.69, 9.17) is 5.73 Å². The number of hydrogen-bond donors (Lipinski definition) is 1. The summed E-state index contributed by atoms with van der Waals surface area (Å²) in [5.74, 6) is -0.0217. The first-order valence-electron chi connectivity index (χ1n) is 6.35. The fraction of sp³-hybridized carbons (Fsp3) is 0.286. The quantitative estimate of drug-likeness (QED) is 0.788. The van der Waals surface area contributed by atoms with E-state index < -0.39 is 0 Å². The number of carbonyl (C=O) groups excluding carboxylic acids is 1. The van der Waals surface area contributed by atoms with Gasteiger partial charge in [0.25, 0.3) is 5.91 Å². The fourth-order valence-corrected chi connectivity index (χ4v) is 2.52. The topological polar surface area (TPSA) is 64.2 Å². The number of fused-ring (bicyclic) bond motifs is 1. The first kappa shape index (κ1) is 11.8. The maximum Gasteiger partial charge on any atom is 0.276 e. The van der Waals surface area contributed by atoms with Gasteiger partial charge in [-0.05, 0) is 36.6 Å². The van der Waals surface area contributed by atoms with Crippen LogP contribution in [0.25, 0.3) is 0 Å². The molecule has 0 aliphatic carbocycles. The summed E-state index contributed by atoms with van der Waals surface area (Å²) in [6.07, 6.45) is 3.60. The average Bonchev–Trinajstić information content (AvgIpc) is 2.83. The van der Waals surface area contributed by atoms with E-state index >= 15 is 0 Å². The summed E-state index contributed by atoms with van der Waals surface area (Å²) in [6.45, 7) is 0.723. The zero-order valence-electron chi connectivity index (χ0n) is 10.8. The molecule has 1 aromatic heterocycles. The highest BCUT2D eigenvalue weighted by molar-refractivity contribution is 6.05. The monoisotopic (exact) mass is 256 g/mol. The second kappa shape index (κ2) is 4.42. The maximum absolute atomic E-state index is 12.6. The Morgan fingerprint density at radius 1 is 1.37 bits per heavy atom. The highest BCUT2D eigenvalue weighted by atomic mass is 16.2. The van der Waals surface area contributed by atoms with Gasteiger partial charge in [0.1, 0.15) is 5.69 Å². The molecule has 98 valence electrons. The number of carbonyl (C=O) groups is 1. The molecule has 0 spiro atoms. The number of rotatable bonds is 1. The van der Waals surface area contributed by atoms with E-state index in [2.05, 4.69) is 5.10 Å². The number of nitrogen functional groups attached to an aromatic ring is 1. The van der Waals surface area contributed by atoms with Crippen molar-refractivity contribution < 1.29 is 4.79 Å². The minimum Gasteiger partial charge on any atom is -0.399 e. The average molecular weight is 256 g/mol. The number of nitrogens with zero attached hydrogens (tertiary/aromatic N) is 3. The zero-order chi connectivity index (χ0) is 13.4. The fourth-order valence-electron chi connectivity index (χ4n) is 2.52. The van der Waals surface area contributed by atoms with E-state index in [1.54, 1.807) is 28.9 Å². The van der Waals surface area contributed by atoms with Gasteiger partial charge >= 0.3 is 0 Å². The van der Waals surface area contributed by atoms with Gasteiger partial charge in [-0.25, -0.2) is 0 Å². The van der Waals surface area contributed by atoms with Gasteiger partial charge in [-0.1, -0.05) is 6.07 Å². The van der Waals surface area contributed by atoms with Crippen molar-refractivity contribution in [3.05, 3.63) is 41.7 Å². The number of amides is 1. The van der Waals surface area contributed by atoms with Crippen molar-refractivity contribution in [1.29, 1.82) is 0 Å². The summed E-state index contributed by atoms with van der Waals surface area (Å²) in [4.78, 5) is 14.4. The summed E-state index contributed by atoms with van der Waals surface area (Å²) in [6, 6.07) is 7.51. The van der Waals surface area contributed by atoms with Gasteiger partial charge in [-0.2, -0.15) is 5.10 Å². The molecular formula is C14H16N4O. The summed E-state index contributed by atoms with van der Waals surface area (Å²) < 4.78 is 1.60. The minimum absolute atomic E-state index is 0.0217. The Morgan fingerprint density at radius 3 is 2.95 bits per heavy atom. The molecule has 0 saturated carbocycles. The lowest BCUT2D eigenvalue weighted by atomic mass is 10.0. The molecule has 5 heteroatoms. The van der Waals surface area contributed by atoms with Crippen molar-refractivity contribution >= 4 is 17.3 Å². The van der Waals surface area contributed by atoms with E-state index in [0.29, 0.717) is 11.4 Å². The van der Waals surface area contributed by atoms with Crippen LogP contribution in [-0.2, 0) is 13.5 Å². The predicted octanol–water partition coefficient (Wildman–Crippen LogP) is 1.60. The van der Waals surface area contributed by atoms with E-state index in [0.717, 1.165) is 25.1 Å². The Bertz CT molecular complexity index is 632. The molecule has 19 heavy (non-hydrogen) atoms. The molecule has 1 aliphatic rings. The molecule has 0 radical (unpaired) electrons. The lowest BCUT2D eigenvalue weighted by Gasteiger charge is -2.29. The molecule has 1 aromatic carbocycles. The number of aryl methyl sites for hydroxylation is 2. The third kappa shape index (κ3) is 1.97. The smallest absolute Gasteiger partial charge is 0.276 e. The highest BCUT2D eigenvalue weighted by Gasteiger charge is 2.25. The summed E-state index contributed by atoms with van der Waals surface area (Å²) in [5, 5.41) is 4.05. The van der Waals surface area contributed by atoms with Gasteiger partial charge in [-0.15, -0.1) is 0 Å². The first-order chi connectivity index (χ1) is 9.16. The maximum atomic E-state index is 12.6. The van der Waals surface area contributed by atoms with Crippen LogP contribution in [0.1, 0.15) is 22.5 Å². The lowest BCUT2D eigenvalue weighted by Crippen LogP contribution is -2.36. The van der Waals surface area contributed by atoms with Crippen LogP contribution in [0.3, 0.4) is 0 Å². The lowest BCUT2D eigenvalue weighted by molar-refractivity contribution is 0.0976. The van der Waals surface area contributed by atoms with Gasteiger partial charge in [-0.3, -0.25) is 9.48 Å². The highest BCUT2D eigenvalue weighted by Crippen LogP contribution is 2.30. The summed E-state index contributed by atoms with van der Waals surface area (Å²) in [5.41, 5.74) is 9.22. The Balaban J connectivity index is 2.02. The Hall–Kier alpha value is -2.30. The van der Waals surface area contributed by atoms with Crippen molar-refractivity contribution in [3.63, 3.8) is 0 Å². The molecule has 2 N–H and O–H groups in total. The van der Waals surface area contributed by atoms with Crippen LogP contribution in [0.2, 0.25) is 0 Å². The molecule has 3 rings (SSSR count). The minimum atomic E-state index is -0.0217. The number of anilines is 2. The molecule has 0 unspecified atom stereocenters. The predicted molar refractivity (Wildman–Crippen MR) is 74.1 cm³/mol. The van der Waals surface area contributed by atoms with Crippen LogP contribution in [0, 0.1) is 0 Å². The second-order valence-electron chi connectivity index (χ2n) is 4.79. The number of benzene rings is 1. The number of nitrogens with two attached hydrogens (primary N) is 1. The van der Waals surface area contributed by atoms with E-state index in [-0.39, 0.29) is 5.91 Å². The molecule has 5 nitrogen and oxygen atoms in total. The standard InChI is InChI=1S/C14H16N4O/c1-17-12(6-7-16-17)14(19)18-8-2-3-10-4-5-11(15)9-13(10)18/h4-7,9H,2-3,8,15H2,1H3. The van der Waals surface area contributed by atoms with E-state index in [1.807, 2.05) is 18.2 Å². The van der Waals surface area contributed by atoms with Gasteiger partial charge in [0.15, 0.2) is 0 Å². The summed E-state index contributed by atoms with van der Waals surface area (Å²) in [7, 11) is 1.78. The van der Waals surface area contributed by atoms with Crippen molar-refractivity contribution in [2.24, 2.45) is 7.05 Å². The van der Waals surface area contributed by atoms with Gasteiger partial charge < -0.3 is 10.6 Å². The first-order valence-corrected chi connectivity index (χ1v) is 6.35. The van der Waals surface area contributed by atoms with Gasteiger partial charge in [0.05, 0.1) is 0 Å². The molecule has 1 amide bonds. The number of hydrogen-bond acceptors (Lipinski definition) is 3. The molecule has 2 heterocycles. The Morgan fingerprint density at radius 2 is 2.21 bits per heavy atom. The SMILES string of the molecule is Cn1nccc1C(=O)N1CCCc2ccc(N)cc21. The molecule has 0 fully saturated rings. The van der Waals surface area contributed by atoms with Crippen LogP contribution < -0.4 is 10.6 Å². The van der Waals surface area contributed by atoms with Crippen LogP contribution in [0.4, 0.5) is 11.4 Å². The molecular weight excluding hydrogens is 240 g/mol. The second-order valence-corrected chi connectivity index (χ2v) is 4.79. The Labute approximate surface area is 111 Å². The van der Waals surface area contributed by atoms with Crippen molar-refractivity contribution in [2.45, 2.75) is 12.8 Å². The van der Waals surface area contributed by atoms with Crippen LogP contribution in [-0.4, -0.2) is 22.2 Å². The van der Waals surface area contributed by atoms with Crippen molar-refractivity contribution in [1.82, 2.24) is 9.78 Å². The largest absolute Gasteiger partial charge is 0.399 e. The van der Waals surface area contributed by atoms with E-state index in [1.165, 1.54) is 5.56 Å². The zero-order valence-corrected chi connectivity index (χ0v) is 10.8. The van der Waals surface area contributed by atoms with Gasteiger partial charge in [0.2, 0.25) is 0 Å². The molecule has 1 aliphatic heterocycles. The van der Waals surface area contributed by atoms with Crippen LogP contribution in [0.15, 0.2) is 30.5 Å². The molecule has 0 atom stereocenters. The van der Waals surface area contributed by atoms with Crippen molar-refractivity contribution in [3.8, 4) is 0 Å². The third-order valence-corrected chi connectivity index (χ3v) is 3.51. The summed E-state index contributed by atoms with van der Waals surface area (Å²) >= 11 is 0. The van der Waals surface area contributed by atoms with Crippen LogP contribution in [0.5, 0.6) is 0 Å². The van der Waals surface area contributed by atoms with Crippen LogP contribution >= 0.6 is 0 Å². The number of aromatic nitrogens is 2. The molecule has 0 saturated heterocycles.